The topological polar surface area (TPSA) is 52.3 Å². The van der Waals surface area contributed by atoms with Gasteiger partial charge in [-0.15, -0.1) is 13.2 Å². The average Bonchev–Trinajstić information content (AvgIpc) is 2.36. The van der Waals surface area contributed by atoms with Crippen LogP contribution in [0.2, 0.25) is 0 Å². The molecule has 0 atom stereocenters. The molecular weight excluding hydrogens is 351 g/mol. The standard InChI is InChI=1S/C14H9BrF3NO2/c15-12-7-9(4-5-11(12)13(19)20)8-2-1-3-10(6-8)21-14(16,17)18/h1-7H,(H2,19,20). The molecule has 21 heavy (non-hydrogen) atoms. The Bertz CT molecular complexity index is 686. The number of benzene rings is 2. The molecule has 0 bridgehead atoms. The van der Waals surface area contributed by atoms with Gasteiger partial charge in [0.25, 0.3) is 0 Å². The zero-order chi connectivity index (χ0) is 15.6. The van der Waals surface area contributed by atoms with Crippen molar-refractivity contribution in [2.24, 2.45) is 5.73 Å². The normalized spacial score (nSPS) is 11.2. The number of amides is 1. The third-order valence-electron chi connectivity index (χ3n) is 2.64. The molecule has 2 aromatic carbocycles. The zero-order valence-corrected chi connectivity index (χ0v) is 12.0. The van der Waals surface area contributed by atoms with E-state index in [1.165, 1.54) is 24.3 Å². The van der Waals surface area contributed by atoms with E-state index in [2.05, 4.69) is 20.7 Å². The summed E-state index contributed by atoms with van der Waals surface area (Å²) in [5.74, 6) is -0.905. The van der Waals surface area contributed by atoms with Gasteiger partial charge < -0.3 is 10.5 Å². The van der Waals surface area contributed by atoms with Crippen molar-refractivity contribution in [2.45, 2.75) is 6.36 Å². The minimum Gasteiger partial charge on any atom is -0.406 e. The van der Waals surface area contributed by atoms with Crippen LogP contribution < -0.4 is 10.5 Å². The summed E-state index contributed by atoms with van der Waals surface area (Å²) < 4.78 is 40.9. The molecule has 2 rings (SSSR count). The summed E-state index contributed by atoms with van der Waals surface area (Å²) in [7, 11) is 0. The van der Waals surface area contributed by atoms with E-state index in [1.54, 1.807) is 18.2 Å². The highest BCUT2D eigenvalue weighted by atomic mass is 79.9. The van der Waals surface area contributed by atoms with Crippen molar-refractivity contribution in [1.82, 2.24) is 0 Å². The second-order valence-corrected chi connectivity index (χ2v) is 4.99. The first kappa shape index (κ1) is 15.4. The number of hydrogen-bond acceptors (Lipinski definition) is 2. The summed E-state index contributed by atoms with van der Waals surface area (Å²) in [6, 6.07) is 10.3. The number of nitrogens with two attached hydrogens (primary N) is 1. The summed E-state index contributed by atoms with van der Waals surface area (Å²) >= 11 is 3.20. The van der Waals surface area contributed by atoms with Crippen molar-refractivity contribution in [3.63, 3.8) is 0 Å². The predicted octanol–water partition coefficient (Wildman–Crippen LogP) is 4.11. The van der Waals surface area contributed by atoms with Crippen molar-refractivity contribution in [1.29, 1.82) is 0 Å². The van der Waals surface area contributed by atoms with Crippen LogP contribution in [0.3, 0.4) is 0 Å². The lowest BCUT2D eigenvalue weighted by Crippen LogP contribution is -2.17. The van der Waals surface area contributed by atoms with Crippen molar-refractivity contribution in [2.75, 3.05) is 0 Å². The van der Waals surface area contributed by atoms with Gasteiger partial charge in [0.2, 0.25) is 5.91 Å². The van der Waals surface area contributed by atoms with E-state index in [-0.39, 0.29) is 5.75 Å². The number of rotatable bonds is 3. The van der Waals surface area contributed by atoms with Crippen molar-refractivity contribution >= 4 is 21.8 Å². The summed E-state index contributed by atoms with van der Waals surface area (Å²) in [5, 5.41) is 0. The van der Waals surface area contributed by atoms with Gasteiger partial charge in [-0.25, -0.2) is 0 Å². The van der Waals surface area contributed by atoms with Crippen LogP contribution in [-0.4, -0.2) is 12.3 Å². The van der Waals surface area contributed by atoms with Gasteiger partial charge in [-0.3, -0.25) is 4.79 Å². The quantitative estimate of drug-likeness (QED) is 0.896. The molecule has 0 fully saturated rings. The molecular formula is C14H9BrF3NO2. The van der Waals surface area contributed by atoms with Crippen LogP contribution in [0.25, 0.3) is 11.1 Å². The number of carbonyl (C=O) groups is 1. The van der Waals surface area contributed by atoms with Gasteiger partial charge in [0, 0.05) is 4.47 Å². The third kappa shape index (κ3) is 3.98. The first-order chi connectivity index (χ1) is 9.76. The Balaban J connectivity index is 2.36. The molecule has 0 radical (unpaired) electrons. The van der Waals surface area contributed by atoms with Crippen molar-refractivity contribution < 1.29 is 22.7 Å². The molecule has 0 aromatic heterocycles. The minimum absolute atomic E-state index is 0.293. The average molecular weight is 360 g/mol. The maximum Gasteiger partial charge on any atom is 0.573 e. The fourth-order valence-corrected chi connectivity index (χ4v) is 2.34. The van der Waals surface area contributed by atoms with E-state index in [1.807, 2.05) is 0 Å². The molecule has 1 amide bonds. The van der Waals surface area contributed by atoms with E-state index in [0.29, 0.717) is 21.2 Å². The number of alkyl halides is 3. The van der Waals surface area contributed by atoms with Crippen LogP contribution in [-0.2, 0) is 0 Å². The lowest BCUT2D eigenvalue weighted by Gasteiger charge is -2.10. The van der Waals surface area contributed by atoms with E-state index in [4.69, 9.17) is 5.73 Å². The Kier molecular flexibility index (Phi) is 4.22. The lowest BCUT2D eigenvalue weighted by molar-refractivity contribution is -0.274. The fraction of sp³-hybridized carbons (Fsp3) is 0.0714. The number of primary amides is 1. The second-order valence-electron chi connectivity index (χ2n) is 4.13. The largest absolute Gasteiger partial charge is 0.573 e. The lowest BCUT2D eigenvalue weighted by atomic mass is 10.0. The van der Waals surface area contributed by atoms with Crippen LogP contribution in [0.15, 0.2) is 46.9 Å². The minimum atomic E-state index is -4.74. The summed E-state index contributed by atoms with van der Waals surface area (Å²) in [4.78, 5) is 11.1. The number of carbonyl (C=O) groups excluding carboxylic acids is 1. The van der Waals surface area contributed by atoms with E-state index in [0.717, 1.165) is 0 Å². The maximum absolute atomic E-state index is 12.2. The predicted molar refractivity (Wildman–Crippen MR) is 74.8 cm³/mol. The van der Waals surface area contributed by atoms with Crippen LogP contribution in [0.4, 0.5) is 13.2 Å². The molecule has 2 aromatic rings. The van der Waals surface area contributed by atoms with Gasteiger partial charge in [-0.2, -0.15) is 0 Å². The number of hydrogen-bond donors (Lipinski definition) is 1. The summed E-state index contributed by atoms with van der Waals surface area (Å²) in [6.45, 7) is 0. The SMILES string of the molecule is NC(=O)c1ccc(-c2cccc(OC(F)(F)F)c2)cc1Br. The number of ether oxygens (including phenoxy) is 1. The van der Waals surface area contributed by atoms with E-state index in [9.17, 15) is 18.0 Å². The first-order valence-corrected chi connectivity index (χ1v) is 6.51. The monoisotopic (exact) mass is 359 g/mol. The van der Waals surface area contributed by atoms with Gasteiger partial charge in [0.1, 0.15) is 5.75 Å². The Morgan fingerprint density at radius 1 is 1.10 bits per heavy atom. The third-order valence-corrected chi connectivity index (χ3v) is 3.29. The van der Waals surface area contributed by atoms with E-state index >= 15 is 0 Å². The Morgan fingerprint density at radius 2 is 1.76 bits per heavy atom. The zero-order valence-electron chi connectivity index (χ0n) is 10.4. The molecule has 0 spiro atoms. The van der Waals surface area contributed by atoms with Gasteiger partial charge >= 0.3 is 6.36 Å². The molecule has 0 aliphatic carbocycles. The van der Waals surface area contributed by atoms with Gasteiger partial charge in [0.15, 0.2) is 0 Å². The maximum atomic E-state index is 12.2. The van der Waals surface area contributed by atoms with Crippen LogP contribution in [0.5, 0.6) is 5.75 Å². The highest BCUT2D eigenvalue weighted by Crippen LogP contribution is 2.30. The molecule has 0 saturated heterocycles. The highest BCUT2D eigenvalue weighted by Gasteiger charge is 2.31. The molecule has 0 saturated carbocycles. The molecule has 0 heterocycles. The fourth-order valence-electron chi connectivity index (χ4n) is 1.77. The molecule has 3 nitrogen and oxygen atoms in total. The molecule has 0 unspecified atom stereocenters. The molecule has 7 heteroatoms. The highest BCUT2D eigenvalue weighted by molar-refractivity contribution is 9.10. The first-order valence-electron chi connectivity index (χ1n) is 5.72. The smallest absolute Gasteiger partial charge is 0.406 e. The number of halogens is 4. The van der Waals surface area contributed by atoms with Gasteiger partial charge in [0.05, 0.1) is 5.56 Å². The van der Waals surface area contributed by atoms with Gasteiger partial charge in [-0.1, -0.05) is 18.2 Å². The Morgan fingerprint density at radius 3 is 2.33 bits per heavy atom. The van der Waals surface area contributed by atoms with Crippen molar-refractivity contribution in [3.8, 4) is 16.9 Å². The molecule has 2 N–H and O–H groups in total. The molecule has 110 valence electrons. The van der Waals surface area contributed by atoms with Gasteiger partial charge in [-0.05, 0) is 51.3 Å². The van der Waals surface area contributed by atoms with Crippen molar-refractivity contribution in [3.05, 3.63) is 52.5 Å². The van der Waals surface area contributed by atoms with Crippen LogP contribution in [0, 0.1) is 0 Å². The Labute approximate surface area is 126 Å². The Hall–Kier alpha value is -2.02. The molecule has 0 aliphatic rings. The van der Waals surface area contributed by atoms with Crippen LogP contribution in [0.1, 0.15) is 10.4 Å². The summed E-state index contributed by atoms with van der Waals surface area (Å²) in [6.07, 6.45) is -4.74. The van der Waals surface area contributed by atoms with Crippen LogP contribution >= 0.6 is 15.9 Å². The molecule has 0 aliphatic heterocycles. The summed E-state index contributed by atoms with van der Waals surface area (Å²) in [5.41, 5.74) is 6.62. The second kappa shape index (κ2) is 5.77. The van der Waals surface area contributed by atoms with E-state index < -0.39 is 12.3 Å².